The van der Waals surface area contributed by atoms with Crippen LogP contribution in [0.1, 0.15) is 13.3 Å². The van der Waals surface area contributed by atoms with Crippen molar-refractivity contribution < 1.29 is 9.47 Å². The monoisotopic (exact) mass is 789 g/mol. The molecule has 1 heterocycles. The van der Waals surface area contributed by atoms with Crippen molar-refractivity contribution in [1.29, 1.82) is 0 Å². The Balaban J connectivity index is 1.43. The molecule has 0 saturated carbocycles. The van der Waals surface area contributed by atoms with Crippen LogP contribution >= 0.6 is 78.2 Å². The summed E-state index contributed by atoms with van der Waals surface area (Å²) in [7, 11) is -0.0928. The Bertz CT molecular complexity index is 1370. The largest absolute Gasteiger partial charge is 0.455 e. The number of fused-ring (bicyclic) bond motifs is 3. The third-order valence-electron chi connectivity index (χ3n) is 5.38. The number of halogens is 3. The first kappa shape index (κ1) is 23.6. The van der Waals surface area contributed by atoms with Gasteiger partial charge in [0.15, 0.2) is 20.0 Å². The molecule has 5 aromatic rings. The molecule has 1 unspecified atom stereocenters. The number of benzene rings is 4. The molecule has 4 aromatic carbocycles. The van der Waals surface area contributed by atoms with E-state index < -0.39 is 0 Å². The van der Waals surface area contributed by atoms with Gasteiger partial charge in [0, 0.05) is 43.4 Å². The summed E-state index contributed by atoms with van der Waals surface area (Å²) in [6.07, 6.45) is 0.415. The highest BCUT2D eigenvalue weighted by molar-refractivity contribution is 14.1. The third-order valence-corrected chi connectivity index (χ3v) is 9.94. The van der Waals surface area contributed by atoms with Crippen molar-refractivity contribution in [3.05, 3.63) is 95.6 Å². The molecule has 166 valence electrons. The van der Waals surface area contributed by atoms with Crippen LogP contribution in [0.3, 0.4) is 0 Å². The average Bonchev–Trinajstić information content (AvgIpc) is 3.15. The normalized spacial score (nSPS) is 12.2. The number of hydrogen-bond acceptors (Lipinski definition) is 2. The molecule has 33 heavy (non-hydrogen) atoms. The molecule has 0 radical (unpaired) electrons. The van der Waals surface area contributed by atoms with Crippen molar-refractivity contribution in [3.63, 3.8) is 0 Å². The Morgan fingerprint density at radius 2 is 1.27 bits per heavy atom. The van der Waals surface area contributed by atoms with Gasteiger partial charge in [0.25, 0.3) is 0 Å². The first-order valence-electron chi connectivity index (χ1n) is 10.6. The van der Waals surface area contributed by atoms with Gasteiger partial charge >= 0.3 is 0 Å². The van der Waals surface area contributed by atoms with Crippen molar-refractivity contribution in [2.45, 2.75) is 19.6 Å². The van der Waals surface area contributed by atoms with Crippen LogP contribution in [-0.4, -0.2) is 6.29 Å². The maximum Gasteiger partial charge on any atom is 0.240 e. The summed E-state index contributed by atoms with van der Waals surface area (Å²) in [5, 5.41) is 2.69. The fourth-order valence-electron chi connectivity index (χ4n) is 3.88. The van der Waals surface area contributed by atoms with E-state index in [4.69, 9.17) is 9.47 Å². The molecule has 1 aromatic heterocycles. The number of thiophene rings is 1. The molecule has 0 saturated heterocycles. The van der Waals surface area contributed by atoms with Crippen molar-refractivity contribution >= 4 is 98.4 Å². The number of rotatable bonds is 6. The highest BCUT2D eigenvalue weighted by atomic mass is 127. The van der Waals surface area contributed by atoms with Gasteiger partial charge in [0.05, 0.1) is 7.14 Å². The Morgan fingerprint density at radius 3 is 1.82 bits per heavy atom. The zero-order valence-corrected chi connectivity index (χ0v) is 25.0. The minimum atomic E-state index is -0.340. The van der Waals surface area contributed by atoms with Gasteiger partial charge in [0.1, 0.15) is 5.75 Å². The van der Waals surface area contributed by atoms with Gasteiger partial charge in [-0.2, -0.15) is 0 Å². The highest BCUT2D eigenvalue weighted by Gasteiger charge is 2.23. The van der Waals surface area contributed by atoms with Gasteiger partial charge in [-0.15, -0.1) is 0 Å². The Kier molecular flexibility index (Phi) is 7.34. The van der Waals surface area contributed by atoms with Crippen molar-refractivity contribution in [1.82, 2.24) is 0 Å². The summed E-state index contributed by atoms with van der Waals surface area (Å²) in [6, 6.07) is 30.3. The lowest BCUT2D eigenvalue weighted by Crippen LogP contribution is -2.23. The first-order valence-corrected chi connectivity index (χ1v) is 15.0. The molecule has 0 aliphatic heterocycles. The van der Waals surface area contributed by atoms with Gasteiger partial charge < -0.3 is 9.47 Å². The van der Waals surface area contributed by atoms with E-state index in [2.05, 4.69) is 160 Å². The fourth-order valence-corrected chi connectivity index (χ4v) is 10.1. The van der Waals surface area contributed by atoms with E-state index in [-0.39, 0.29) is 16.8 Å². The Labute approximate surface area is 237 Å². The predicted octanol–water partition coefficient (Wildman–Crippen LogP) is 9.74. The summed E-state index contributed by atoms with van der Waals surface area (Å²) >= 11 is 6.99. The second kappa shape index (κ2) is 10.2. The summed E-state index contributed by atoms with van der Waals surface area (Å²) in [5.41, 5.74) is 0. The van der Waals surface area contributed by atoms with E-state index in [1.165, 1.54) is 28.6 Å². The molecule has 0 spiro atoms. The summed E-state index contributed by atoms with van der Waals surface area (Å²) in [4.78, 5) is 1.30. The zero-order valence-electron chi connectivity index (χ0n) is 17.7. The summed E-state index contributed by atoms with van der Waals surface area (Å²) < 4.78 is 18.7. The predicted molar refractivity (Wildman–Crippen MR) is 165 cm³/mol. The van der Waals surface area contributed by atoms with Crippen LogP contribution in [0.2, 0.25) is 0 Å². The van der Waals surface area contributed by atoms with E-state index in [1.807, 2.05) is 0 Å². The molecule has 0 bridgehead atoms. The van der Waals surface area contributed by atoms with Crippen LogP contribution in [0.15, 0.2) is 84.9 Å². The molecule has 0 aliphatic carbocycles. The lowest BCUT2D eigenvalue weighted by molar-refractivity contribution is 0.00200. The molecular formula is C27H20I3O2S+. The van der Waals surface area contributed by atoms with E-state index in [0.717, 1.165) is 25.1 Å². The van der Waals surface area contributed by atoms with Crippen molar-refractivity contribution in [2.75, 3.05) is 0 Å². The lowest BCUT2D eigenvalue weighted by atomic mass is 10.2. The molecule has 0 aliphatic rings. The van der Waals surface area contributed by atoms with Crippen LogP contribution in [-0.2, 0) is 0 Å². The molecule has 2 nitrogen and oxygen atoms in total. The van der Waals surface area contributed by atoms with E-state index >= 15 is 0 Å². The quantitative estimate of drug-likeness (QED) is 0.0970. The highest BCUT2D eigenvalue weighted by Crippen LogP contribution is 2.48. The number of hydrogen-bond donors (Lipinski definition) is 0. The summed E-state index contributed by atoms with van der Waals surface area (Å²) in [6.45, 7) is 2.08. The van der Waals surface area contributed by atoms with Gasteiger partial charge in [-0.25, -0.2) is 0 Å². The Morgan fingerprint density at radius 1 is 0.727 bits per heavy atom. The van der Waals surface area contributed by atoms with Crippen LogP contribution in [0, 0.1) is 10.7 Å². The van der Waals surface area contributed by atoms with Gasteiger partial charge in [-0.05, 0) is 116 Å². The average molecular weight is 789 g/mol. The topological polar surface area (TPSA) is 18.5 Å². The molecular weight excluding hydrogens is 769 g/mol. The van der Waals surface area contributed by atoms with Crippen LogP contribution in [0.25, 0.3) is 25.1 Å². The van der Waals surface area contributed by atoms with Gasteiger partial charge in [-0.3, -0.25) is 0 Å². The summed E-state index contributed by atoms with van der Waals surface area (Å²) in [5.74, 6) is 1.71. The molecule has 0 amide bonds. The Hall–Kier alpha value is -1.11. The maximum absolute atomic E-state index is 6.27. The third kappa shape index (κ3) is 4.85. The molecule has 0 N–H and O–H groups in total. The van der Waals surface area contributed by atoms with Crippen LogP contribution in [0.5, 0.6) is 11.5 Å². The minimum Gasteiger partial charge on any atom is -0.455 e. The maximum atomic E-state index is 6.27. The molecule has 0 fully saturated rings. The zero-order chi connectivity index (χ0) is 22.9. The van der Waals surface area contributed by atoms with Gasteiger partial charge in [0.2, 0.25) is 6.29 Å². The van der Waals surface area contributed by atoms with E-state index in [9.17, 15) is 0 Å². The van der Waals surface area contributed by atoms with Crippen LogP contribution < -0.4 is 9.47 Å². The van der Waals surface area contributed by atoms with Crippen molar-refractivity contribution in [2.24, 2.45) is 0 Å². The SMILES string of the molecule is CCC(Oc1ccc(-[s+]2c3ccccc3c3ccccc32)cc1)Oc1c(I)cc(I)cc1I. The molecule has 6 heteroatoms. The van der Waals surface area contributed by atoms with Gasteiger partial charge in [-0.1, -0.05) is 31.2 Å². The first-order chi connectivity index (χ1) is 16.0. The second-order valence-electron chi connectivity index (χ2n) is 7.54. The van der Waals surface area contributed by atoms with Crippen molar-refractivity contribution in [3.8, 4) is 16.4 Å². The minimum absolute atomic E-state index is 0.0928. The van der Waals surface area contributed by atoms with E-state index in [1.54, 1.807) is 0 Å². The standard InChI is InChI=1S/C27H20I3O2S/c1-2-26(32-27-22(29)15-17(28)16-23(27)30)31-18-11-13-19(14-12-18)33-24-9-5-3-7-20(24)21-8-4-6-10-25(21)33/h3-16,26H,2H2,1H3/q+1. The van der Waals surface area contributed by atoms with Crippen LogP contribution in [0.4, 0.5) is 0 Å². The number of ether oxygens (including phenoxy) is 2. The lowest BCUT2D eigenvalue weighted by Gasteiger charge is -2.21. The molecule has 1 atom stereocenters. The second-order valence-corrected chi connectivity index (χ2v) is 13.1. The smallest absolute Gasteiger partial charge is 0.240 e. The fraction of sp³-hybridized carbons (Fsp3) is 0.111. The van der Waals surface area contributed by atoms with E-state index in [0.29, 0.717) is 0 Å². The molecule has 5 rings (SSSR count).